The lowest BCUT2D eigenvalue weighted by Gasteiger charge is -2.27. The van der Waals surface area contributed by atoms with Crippen LogP contribution in [-0.2, 0) is 14.3 Å². The molecule has 0 aliphatic carbocycles. The number of carbonyl (C=O) groups excluding carboxylic acids is 2. The van der Waals surface area contributed by atoms with Gasteiger partial charge in [0.05, 0.1) is 5.60 Å². The zero-order valence-corrected chi connectivity index (χ0v) is 10.9. The quantitative estimate of drug-likeness (QED) is 0.692. The molecule has 2 amide bonds. The van der Waals surface area contributed by atoms with E-state index >= 15 is 0 Å². The first-order valence-corrected chi connectivity index (χ1v) is 5.43. The zero-order chi connectivity index (χ0) is 13.7. The Hall–Kier alpha value is -1.30. The maximum Gasteiger partial charge on any atom is 0.404 e. The van der Waals surface area contributed by atoms with E-state index in [1.165, 1.54) is 0 Å². The van der Waals surface area contributed by atoms with Gasteiger partial charge in [-0.1, -0.05) is 13.8 Å². The number of amides is 2. The van der Waals surface area contributed by atoms with Gasteiger partial charge in [-0.3, -0.25) is 4.79 Å². The molecule has 6 nitrogen and oxygen atoms in total. The number of nitrogens with two attached hydrogens (primary N) is 2. The highest BCUT2D eigenvalue weighted by Gasteiger charge is 2.27. The van der Waals surface area contributed by atoms with Gasteiger partial charge in [-0.15, -0.1) is 0 Å². The molecule has 0 aliphatic heterocycles. The molecular formula is C11H22N2O4. The number of primary amides is 2. The van der Waals surface area contributed by atoms with Crippen molar-refractivity contribution >= 4 is 12.0 Å². The smallest absolute Gasteiger partial charge is 0.404 e. The lowest BCUT2D eigenvalue weighted by molar-refractivity contribution is -0.128. The molecule has 0 radical (unpaired) electrons. The van der Waals surface area contributed by atoms with Crippen LogP contribution < -0.4 is 11.5 Å². The largest absolute Gasteiger partial charge is 0.447 e. The second-order valence-corrected chi connectivity index (χ2v) is 5.21. The van der Waals surface area contributed by atoms with Gasteiger partial charge in [-0.2, -0.15) is 0 Å². The minimum Gasteiger partial charge on any atom is -0.447 e. The minimum atomic E-state index is -0.834. The SMILES string of the molecule is CC(C)(COC(N)=O)OCCC(C)(C)C(N)=O. The molecule has 6 heteroatoms. The second-order valence-electron chi connectivity index (χ2n) is 5.21. The normalized spacial score (nSPS) is 12.2. The summed E-state index contributed by atoms with van der Waals surface area (Å²) < 4.78 is 10.2. The fourth-order valence-corrected chi connectivity index (χ4v) is 0.992. The number of rotatable bonds is 7. The molecule has 17 heavy (non-hydrogen) atoms. The first-order chi connectivity index (χ1) is 7.57. The predicted molar refractivity (Wildman–Crippen MR) is 63.2 cm³/mol. The first kappa shape index (κ1) is 15.7. The van der Waals surface area contributed by atoms with Crippen molar-refractivity contribution in [2.75, 3.05) is 13.2 Å². The fourth-order valence-electron chi connectivity index (χ4n) is 0.992. The number of hydrogen-bond acceptors (Lipinski definition) is 4. The van der Waals surface area contributed by atoms with Gasteiger partial charge in [-0.25, -0.2) is 4.79 Å². The van der Waals surface area contributed by atoms with Crippen molar-refractivity contribution in [1.82, 2.24) is 0 Å². The third kappa shape index (κ3) is 6.78. The molecule has 4 N–H and O–H groups in total. The van der Waals surface area contributed by atoms with Crippen LogP contribution in [0.5, 0.6) is 0 Å². The summed E-state index contributed by atoms with van der Waals surface area (Å²) in [5.74, 6) is -0.368. The topological polar surface area (TPSA) is 105 Å². The first-order valence-electron chi connectivity index (χ1n) is 5.43. The molecule has 0 aliphatic rings. The van der Waals surface area contributed by atoms with E-state index in [1.807, 2.05) is 0 Å². The van der Waals surface area contributed by atoms with Crippen molar-refractivity contribution in [1.29, 1.82) is 0 Å². The summed E-state index contributed by atoms with van der Waals surface area (Å²) >= 11 is 0. The number of ether oxygens (including phenoxy) is 2. The molecule has 0 heterocycles. The Kier molecular flexibility index (Phi) is 5.41. The van der Waals surface area contributed by atoms with E-state index in [-0.39, 0.29) is 12.5 Å². The maximum atomic E-state index is 11.1. The molecule has 0 rings (SSSR count). The second kappa shape index (κ2) is 5.86. The molecule has 0 spiro atoms. The van der Waals surface area contributed by atoms with Crippen LogP contribution in [0.1, 0.15) is 34.1 Å². The van der Waals surface area contributed by atoms with E-state index < -0.39 is 17.1 Å². The highest BCUT2D eigenvalue weighted by molar-refractivity contribution is 5.79. The van der Waals surface area contributed by atoms with Gasteiger partial charge < -0.3 is 20.9 Å². The van der Waals surface area contributed by atoms with Crippen molar-refractivity contribution in [3.63, 3.8) is 0 Å². The Balaban J connectivity index is 4.02. The summed E-state index contributed by atoms with van der Waals surface area (Å²) in [5, 5.41) is 0. The van der Waals surface area contributed by atoms with E-state index in [9.17, 15) is 9.59 Å². The number of hydrogen-bond donors (Lipinski definition) is 2. The van der Waals surface area contributed by atoms with E-state index in [0.717, 1.165) is 0 Å². The molecule has 0 fully saturated rings. The average Bonchev–Trinajstić information content (AvgIpc) is 2.14. The molecule has 0 unspecified atom stereocenters. The van der Waals surface area contributed by atoms with Crippen LogP contribution in [0.2, 0.25) is 0 Å². The van der Waals surface area contributed by atoms with Gasteiger partial charge in [-0.05, 0) is 20.3 Å². The third-order valence-corrected chi connectivity index (χ3v) is 2.45. The van der Waals surface area contributed by atoms with Crippen LogP contribution in [0, 0.1) is 5.41 Å². The van der Waals surface area contributed by atoms with E-state index in [2.05, 4.69) is 4.74 Å². The summed E-state index contributed by atoms with van der Waals surface area (Å²) in [5.41, 5.74) is 8.85. The molecule has 0 aromatic heterocycles. The van der Waals surface area contributed by atoms with Gasteiger partial charge in [0.2, 0.25) is 5.91 Å². The van der Waals surface area contributed by atoms with Gasteiger partial charge in [0.1, 0.15) is 6.61 Å². The van der Waals surface area contributed by atoms with Crippen LogP contribution in [-0.4, -0.2) is 30.8 Å². The zero-order valence-electron chi connectivity index (χ0n) is 10.9. The van der Waals surface area contributed by atoms with Crippen LogP contribution in [0.25, 0.3) is 0 Å². The lowest BCUT2D eigenvalue weighted by Crippen LogP contribution is -2.37. The highest BCUT2D eigenvalue weighted by atomic mass is 16.6. The predicted octanol–water partition coefficient (Wildman–Crippen LogP) is 0.779. The molecular weight excluding hydrogens is 224 g/mol. The van der Waals surface area contributed by atoms with Gasteiger partial charge in [0, 0.05) is 12.0 Å². The standard InChI is InChI=1S/C11H22N2O4/c1-10(2,8(12)14)5-6-17-11(3,4)7-16-9(13)15/h5-7H2,1-4H3,(H2,12,14)(H2,13,15). The third-order valence-electron chi connectivity index (χ3n) is 2.45. The van der Waals surface area contributed by atoms with Gasteiger partial charge in [0.15, 0.2) is 0 Å². The van der Waals surface area contributed by atoms with Gasteiger partial charge in [0.25, 0.3) is 0 Å². The lowest BCUT2D eigenvalue weighted by atomic mass is 9.89. The monoisotopic (exact) mass is 246 g/mol. The fraction of sp³-hybridized carbons (Fsp3) is 0.818. The van der Waals surface area contributed by atoms with Crippen molar-refractivity contribution in [3.05, 3.63) is 0 Å². The highest BCUT2D eigenvalue weighted by Crippen LogP contribution is 2.21. The number of carbonyl (C=O) groups is 2. The van der Waals surface area contributed by atoms with Crippen molar-refractivity contribution in [2.45, 2.75) is 39.7 Å². The average molecular weight is 246 g/mol. The van der Waals surface area contributed by atoms with E-state index in [0.29, 0.717) is 13.0 Å². The van der Waals surface area contributed by atoms with Crippen LogP contribution in [0.4, 0.5) is 4.79 Å². The molecule has 0 atom stereocenters. The van der Waals surface area contributed by atoms with E-state index in [4.69, 9.17) is 16.2 Å². The summed E-state index contributed by atoms with van der Waals surface area (Å²) in [7, 11) is 0. The van der Waals surface area contributed by atoms with Crippen molar-refractivity contribution in [3.8, 4) is 0 Å². The van der Waals surface area contributed by atoms with Crippen molar-refractivity contribution < 1.29 is 19.1 Å². The molecule has 0 saturated heterocycles. The molecule has 100 valence electrons. The molecule has 0 aromatic carbocycles. The Morgan fingerprint density at radius 1 is 1.12 bits per heavy atom. The Morgan fingerprint density at radius 2 is 1.65 bits per heavy atom. The Bertz CT molecular complexity index is 287. The van der Waals surface area contributed by atoms with Crippen LogP contribution >= 0.6 is 0 Å². The molecule has 0 bridgehead atoms. The van der Waals surface area contributed by atoms with E-state index in [1.54, 1.807) is 27.7 Å². The van der Waals surface area contributed by atoms with Crippen LogP contribution in [0.3, 0.4) is 0 Å². The summed E-state index contributed by atoms with van der Waals surface area (Å²) in [4.78, 5) is 21.5. The molecule has 0 aromatic rings. The van der Waals surface area contributed by atoms with Gasteiger partial charge >= 0.3 is 6.09 Å². The molecule has 0 saturated carbocycles. The maximum absolute atomic E-state index is 11.1. The van der Waals surface area contributed by atoms with Crippen molar-refractivity contribution in [2.24, 2.45) is 16.9 Å². The minimum absolute atomic E-state index is 0.0688. The summed E-state index contributed by atoms with van der Waals surface area (Å²) in [6.07, 6.45) is -0.332. The Morgan fingerprint density at radius 3 is 2.06 bits per heavy atom. The summed E-state index contributed by atoms with van der Waals surface area (Å²) in [6.45, 7) is 7.47. The Labute approximate surface area is 102 Å². The summed E-state index contributed by atoms with van der Waals surface area (Å²) in [6, 6.07) is 0. The van der Waals surface area contributed by atoms with Crippen LogP contribution in [0.15, 0.2) is 0 Å².